The number of benzene rings is 1. The molecule has 1 aromatic carbocycles. The predicted molar refractivity (Wildman–Crippen MR) is 77.8 cm³/mol. The fraction of sp³-hybridized carbons (Fsp3) is 0.538. The van der Waals surface area contributed by atoms with E-state index in [2.05, 4.69) is 77.0 Å². The van der Waals surface area contributed by atoms with E-state index in [4.69, 9.17) is 0 Å². The average molecular weight is 349 g/mol. The van der Waals surface area contributed by atoms with Gasteiger partial charge in [-0.2, -0.15) is 0 Å². The minimum absolute atomic E-state index is 0.399. The van der Waals surface area contributed by atoms with E-state index in [1.54, 1.807) is 0 Å². The molecule has 0 spiro atoms. The number of hydrogen-bond acceptors (Lipinski definition) is 1. The lowest BCUT2D eigenvalue weighted by Crippen LogP contribution is -2.25. The number of aryl methyl sites for hydroxylation is 1. The van der Waals surface area contributed by atoms with Crippen molar-refractivity contribution in [2.24, 2.45) is 5.92 Å². The van der Waals surface area contributed by atoms with Crippen LogP contribution in [-0.2, 0) is 0 Å². The summed E-state index contributed by atoms with van der Waals surface area (Å²) in [5.74, 6) is 0.575. The van der Waals surface area contributed by atoms with E-state index < -0.39 is 0 Å². The Morgan fingerprint density at radius 2 is 1.81 bits per heavy atom. The second-order valence-corrected chi connectivity index (χ2v) is 6.11. The smallest absolute Gasteiger partial charge is 0.0354 e. The first kappa shape index (κ1) is 14.2. The van der Waals surface area contributed by atoms with Crippen molar-refractivity contribution in [1.29, 1.82) is 0 Å². The Labute approximate surface area is 115 Å². The van der Waals surface area contributed by atoms with Crippen LogP contribution in [0.15, 0.2) is 21.1 Å². The van der Waals surface area contributed by atoms with Gasteiger partial charge in [0.15, 0.2) is 0 Å². The van der Waals surface area contributed by atoms with Crippen molar-refractivity contribution in [3.05, 3.63) is 32.2 Å². The van der Waals surface area contributed by atoms with Gasteiger partial charge in [-0.05, 0) is 42.6 Å². The monoisotopic (exact) mass is 347 g/mol. The highest BCUT2D eigenvalue weighted by atomic mass is 79.9. The van der Waals surface area contributed by atoms with Gasteiger partial charge in [0.05, 0.1) is 0 Å². The number of nitrogens with one attached hydrogen (secondary N) is 1. The molecule has 0 aliphatic rings. The molecule has 0 radical (unpaired) electrons. The van der Waals surface area contributed by atoms with Crippen molar-refractivity contribution < 1.29 is 0 Å². The predicted octanol–water partition coefficient (Wildman–Crippen LogP) is 4.83. The zero-order valence-corrected chi connectivity index (χ0v) is 13.4. The maximum Gasteiger partial charge on any atom is 0.0354 e. The summed E-state index contributed by atoms with van der Waals surface area (Å²) in [5, 5.41) is 3.54. The molecular formula is C13H19Br2N. The van der Waals surface area contributed by atoms with E-state index in [-0.39, 0.29) is 0 Å². The fourth-order valence-corrected chi connectivity index (χ4v) is 2.89. The summed E-state index contributed by atoms with van der Waals surface area (Å²) in [6, 6.07) is 4.79. The van der Waals surface area contributed by atoms with Crippen molar-refractivity contribution in [1.82, 2.24) is 5.32 Å². The van der Waals surface area contributed by atoms with E-state index in [9.17, 15) is 0 Å². The van der Waals surface area contributed by atoms with E-state index in [0.29, 0.717) is 12.0 Å². The normalized spacial score (nSPS) is 13.2. The van der Waals surface area contributed by atoms with Crippen LogP contribution in [0, 0.1) is 12.8 Å². The molecule has 0 aromatic heterocycles. The second-order valence-electron chi connectivity index (χ2n) is 4.40. The molecule has 3 heteroatoms. The van der Waals surface area contributed by atoms with Gasteiger partial charge < -0.3 is 5.32 Å². The summed E-state index contributed by atoms with van der Waals surface area (Å²) in [6.45, 7) is 9.73. The van der Waals surface area contributed by atoms with Crippen LogP contribution < -0.4 is 5.32 Å². The molecule has 0 amide bonds. The summed E-state index contributed by atoms with van der Waals surface area (Å²) in [5.41, 5.74) is 2.59. The number of halogens is 2. The van der Waals surface area contributed by atoms with Crippen molar-refractivity contribution >= 4 is 31.9 Å². The minimum atomic E-state index is 0.399. The van der Waals surface area contributed by atoms with Gasteiger partial charge in [-0.25, -0.2) is 0 Å². The number of hydrogen-bond donors (Lipinski definition) is 1. The fourth-order valence-electron chi connectivity index (χ4n) is 1.82. The zero-order chi connectivity index (χ0) is 12.3. The standard InChI is InChI=1S/C13H19Br2N/c1-5-16-13(8(2)3)10-7-11(14)9(4)6-12(10)15/h6-8,13,16H,5H2,1-4H3. The lowest BCUT2D eigenvalue weighted by Gasteiger charge is -2.24. The largest absolute Gasteiger partial charge is 0.310 e. The topological polar surface area (TPSA) is 12.0 Å². The van der Waals surface area contributed by atoms with Crippen LogP contribution in [0.5, 0.6) is 0 Å². The van der Waals surface area contributed by atoms with Gasteiger partial charge >= 0.3 is 0 Å². The Hall–Kier alpha value is 0.140. The summed E-state index contributed by atoms with van der Waals surface area (Å²) in [7, 11) is 0. The van der Waals surface area contributed by atoms with Gasteiger partial charge in [-0.15, -0.1) is 0 Å². The maximum absolute atomic E-state index is 3.66. The third-order valence-electron chi connectivity index (χ3n) is 2.70. The van der Waals surface area contributed by atoms with Crippen molar-refractivity contribution in [3.63, 3.8) is 0 Å². The van der Waals surface area contributed by atoms with Crippen LogP contribution in [0.25, 0.3) is 0 Å². The summed E-state index contributed by atoms with van der Waals surface area (Å²) < 4.78 is 2.36. The molecule has 16 heavy (non-hydrogen) atoms. The molecule has 1 rings (SSSR count). The third kappa shape index (κ3) is 3.31. The number of rotatable bonds is 4. The summed E-state index contributed by atoms with van der Waals surface area (Å²) >= 11 is 7.26. The van der Waals surface area contributed by atoms with Gasteiger partial charge in [0, 0.05) is 15.0 Å². The Morgan fingerprint density at radius 3 is 2.31 bits per heavy atom. The van der Waals surface area contributed by atoms with Crippen LogP contribution in [0.2, 0.25) is 0 Å². The Kier molecular flexibility index (Phi) is 5.48. The Bertz CT molecular complexity index is 361. The molecule has 1 N–H and O–H groups in total. The van der Waals surface area contributed by atoms with Crippen LogP contribution in [0.1, 0.15) is 37.9 Å². The molecule has 0 aliphatic carbocycles. The summed E-state index contributed by atoms with van der Waals surface area (Å²) in [4.78, 5) is 0. The Balaban J connectivity index is 3.13. The molecule has 1 nitrogen and oxygen atoms in total. The van der Waals surface area contributed by atoms with Crippen molar-refractivity contribution in [2.45, 2.75) is 33.7 Å². The first-order valence-corrected chi connectivity index (χ1v) is 7.24. The quantitative estimate of drug-likeness (QED) is 0.821. The highest BCUT2D eigenvalue weighted by molar-refractivity contribution is 9.11. The molecule has 1 unspecified atom stereocenters. The van der Waals surface area contributed by atoms with Crippen LogP contribution in [0.4, 0.5) is 0 Å². The third-order valence-corrected chi connectivity index (χ3v) is 4.24. The lowest BCUT2D eigenvalue weighted by molar-refractivity contribution is 0.420. The molecule has 1 atom stereocenters. The van der Waals surface area contributed by atoms with Gasteiger partial charge in [-0.3, -0.25) is 0 Å². The Morgan fingerprint density at radius 1 is 1.19 bits per heavy atom. The van der Waals surface area contributed by atoms with Crippen molar-refractivity contribution in [3.8, 4) is 0 Å². The van der Waals surface area contributed by atoms with E-state index in [0.717, 1.165) is 6.54 Å². The van der Waals surface area contributed by atoms with Gasteiger partial charge in [0.2, 0.25) is 0 Å². The lowest BCUT2D eigenvalue weighted by atomic mass is 9.95. The molecule has 0 heterocycles. The molecule has 1 aromatic rings. The highest BCUT2D eigenvalue weighted by Crippen LogP contribution is 2.32. The van der Waals surface area contributed by atoms with Crippen LogP contribution in [0.3, 0.4) is 0 Å². The van der Waals surface area contributed by atoms with Gasteiger partial charge in [-0.1, -0.05) is 52.6 Å². The first-order chi connectivity index (χ1) is 7.47. The maximum atomic E-state index is 3.66. The molecule has 0 saturated carbocycles. The SMILES string of the molecule is CCNC(c1cc(Br)c(C)cc1Br)C(C)C. The molecule has 90 valence electrons. The van der Waals surface area contributed by atoms with E-state index in [1.165, 1.54) is 20.1 Å². The summed E-state index contributed by atoms with van der Waals surface area (Å²) in [6.07, 6.45) is 0. The second kappa shape index (κ2) is 6.18. The first-order valence-electron chi connectivity index (χ1n) is 5.66. The van der Waals surface area contributed by atoms with E-state index in [1.807, 2.05) is 0 Å². The molecule has 0 bridgehead atoms. The molecule has 0 fully saturated rings. The van der Waals surface area contributed by atoms with Crippen molar-refractivity contribution in [2.75, 3.05) is 6.54 Å². The minimum Gasteiger partial charge on any atom is -0.310 e. The van der Waals surface area contributed by atoms with Gasteiger partial charge in [0.25, 0.3) is 0 Å². The molecule has 0 saturated heterocycles. The highest BCUT2D eigenvalue weighted by Gasteiger charge is 2.18. The average Bonchev–Trinajstić information content (AvgIpc) is 2.20. The molecular weight excluding hydrogens is 330 g/mol. The molecule has 0 aliphatic heterocycles. The van der Waals surface area contributed by atoms with Crippen LogP contribution in [-0.4, -0.2) is 6.54 Å². The van der Waals surface area contributed by atoms with E-state index >= 15 is 0 Å². The zero-order valence-electron chi connectivity index (χ0n) is 10.3. The van der Waals surface area contributed by atoms with Crippen LogP contribution >= 0.6 is 31.9 Å². The van der Waals surface area contributed by atoms with Gasteiger partial charge in [0.1, 0.15) is 0 Å².